The van der Waals surface area contributed by atoms with E-state index < -0.39 is 0 Å². The molecule has 1 aliphatic rings. The fourth-order valence-corrected chi connectivity index (χ4v) is 2.85. The Morgan fingerprint density at radius 1 is 1.20 bits per heavy atom. The third-order valence-electron chi connectivity index (χ3n) is 4.51. The van der Waals surface area contributed by atoms with Crippen molar-refractivity contribution in [3.8, 4) is 0 Å². The van der Waals surface area contributed by atoms with Crippen molar-refractivity contribution >= 4 is 40.7 Å². The summed E-state index contributed by atoms with van der Waals surface area (Å²) in [5.74, 6) is 1.72. The van der Waals surface area contributed by atoms with Crippen LogP contribution >= 0.6 is 24.0 Å². The molecule has 25 heavy (non-hydrogen) atoms. The Kier molecular flexibility index (Phi) is 7.96. The van der Waals surface area contributed by atoms with Gasteiger partial charge in [-0.1, -0.05) is 42.5 Å². The average molecular weight is 453 g/mol. The van der Waals surface area contributed by atoms with E-state index in [4.69, 9.17) is 4.74 Å². The largest absolute Gasteiger partial charge is 0.379 e. The molecule has 0 radical (unpaired) electrons. The van der Waals surface area contributed by atoms with Crippen LogP contribution in [0, 0.1) is 5.92 Å². The number of benzene rings is 2. The van der Waals surface area contributed by atoms with Crippen molar-refractivity contribution in [3.63, 3.8) is 0 Å². The zero-order valence-electron chi connectivity index (χ0n) is 15.1. The van der Waals surface area contributed by atoms with Crippen molar-refractivity contribution in [2.75, 3.05) is 33.9 Å². The molecule has 1 N–H and O–H groups in total. The molecule has 0 atom stereocenters. The molecule has 1 fully saturated rings. The number of likely N-dealkylation sites (N-methyl/N-ethyl adjacent to an activating group) is 1. The van der Waals surface area contributed by atoms with Crippen LogP contribution in [0.3, 0.4) is 0 Å². The first-order chi connectivity index (χ1) is 11.8. The number of hydrogen-bond acceptors (Lipinski definition) is 2. The molecule has 0 amide bonds. The minimum atomic E-state index is 0. The van der Waals surface area contributed by atoms with Crippen molar-refractivity contribution < 1.29 is 4.74 Å². The zero-order valence-corrected chi connectivity index (χ0v) is 17.4. The molecule has 4 nitrogen and oxygen atoms in total. The molecular weight excluding hydrogens is 425 g/mol. The maximum Gasteiger partial charge on any atom is 0.193 e. The lowest BCUT2D eigenvalue weighted by molar-refractivity contribution is 0.115. The summed E-state index contributed by atoms with van der Waals surface area (Å²) in [5, 5.41) is 6.02. The predicted molar refractivity (Wildman–Crippen MR) is 116 cm³/mol. The second-order valence-corrected chi connectivity index (χ2v) is 6.48. The lowest BCUT2D eigenvalue weighted by Gasteiger charge is -2.22. The van der Waals surface area contributed by atoms with Crippen LogP contribution in [-0.2, 0) is 11.3 Å². The highest BCUT2D eigenvalue weighted by Crippen LogP contribution is 2.28. The average Bonchev–Trinajstić information content (AvgIpc) is 3.44. The van der Waals surface area contributed by atoms with E-state index in [0.717, 1.165) is 38.2 Å². The van der Waals surface area contributed by atoms with Crippen molar-refractivity contribution in [1.29, 1.82) is 0 Å². The van der Waals surface area contributed by atoms with Gasteiger partial charge in [-0.25, -0.2) is 0 Å². The summed E-state index contributed by atoms with van der Waals surface area (Å²) in [5.41, 5.74) is 1.28. The van der Waals surface area contributed by atoms with Gasteiger partial charge in [-0.15, -0.1) is 24.0 Å². The highest BCUT2D eigenvalue weighted by Gasteiger charge is 2.21. The molecule has 136 valence electrons. The van der Waals surface area contributed by atoms with Crippen LogP contribution in [-0.4, -0.2) is 44.7 Å². The Balaban J connectivity index is 0.00000225. The highest BCUT2D eigenvalue weighted by molar-refractivity contribution is 14.0. The second-order valence-electron chi connectivity index (χ2n) is 6.48. The van der Waals surface area contributed by atoms with Gasteiger partial charge in [0.2, 0.25) is 0 Å². The van der Waals surface area contributed by atoms with E-state index in [9.17, 15) is 0 Å². The molecule has 1 saturated carbocycles. The van der Waals surface area contributed by atoms with E-state index in [-0.39, 0.29) is 24.0 Å². The monoisotopic (exact) mass is 453 g/mol. The summed E-state index contributed by atoms with van der Waals surface area (Å²) in [4.78, 5) is 6.51. The molecule has 0 aromatic heterocycles. The molecule has 2 aromatic rings. The number of guanidine groups is 1. The van der Waals surface area contributed by atoms with Gasteiger partial charge >= 0.3 is 0 Å². The van der Waals surface area contributed by atoms with Gasteiger partial charge in [0.05, 0.1) is 6.61 Å². The van der Waals surface area contributed by atoms with Crippen LogP contribution in [0.1, 0.15) is 18.4 Å². The van der Waals surface area contributed by atoms with E-state index >= 15 is 0 Å². The summed E-state index contributed by atoms with van der Waals surface area (Å²) in [6, 6.07) is 14.9. The molecule has 0 spiro atoms. The molecule has 3 rings (SSSR count). The lowest BCUT2D eigenvalue weighted by Crippen LogP contribution is -2.40. The Morgan fingerprint density at radius 2 is 1.96 bits per heavy atom. The third-order valence-corrected chi connectivity index (χ3v) is 4.51. The second kappa shape index (κ2) is 9.97. The van der Waals surface area contributed by atoms with E-state index in [0.29, 0.717) is 0 Å². The normalized spacial score (nSPS) is 14.2. The van der Waals surface area contributed by atoms with Crippen LogP contribution in [0.5, 0.6) is 0 Å². The molecule has 0 aliphatic heterocycles. The molecule has 5 heteroatoms. The molecule has 0 unspecified atom stereocenters. The smallest absolute Gasteiger partial charge is 0.193 e. The Labute approximate surface area is 167 Å². The van der Waals surface area contributed by atoms with Gasteiger partial charge in [-0.2, -0.15) is 0 Å². The van der Waals surface area contributed by atoms with Gasteiger partial charge in [0.15, 0.2) is 5.96 Å². The lowest BCUT2D eigenvalue weighted by atomic mass is 10.0. The molecule has 2 aromatic carbocycles. The number of hydrogen-bond donors (Lipinski definition) is 1. The number of nitrogens with zero attached hydrogens (tertiary/aromatic N) is 2. The van der Waals surface area contributed by atoms with Gasteiger partial charge in [0.25, 0.3) is 0 Å². The van der Waals surface area contributed by atoms with Crippen molar-refractivity contribution in [2.24, 2.45) is 10.9 Å². The van der Waals surface area contributed by atoms with Crippen LogP contribution in [0.15, 0.2) is 47.5 Å². The summed E-state index contributed by atoms with van der Waals surface area (Å²) in [7, 11) is 3.88. The van der Waals surface area contributed by atoms with Gasteiger partial charge in [-0.3, -0.25) is 4.99 Å². The Hall–Kier alpha value is -1.34. The van der Waals surface area contributed by atoms with Crippen LogP contribution < -0.4 is 5.32 Å². The SMILES string of the molecule is CN=C(NCc1cccc2ccccc12)N(C)CCOCC1CC1.I. The van der Waals surface area contributed by atoms with Crippen molar-refractivity contribution in [1.82, 2.24) is 10.2 Å². The predicted octanol–water partition coefficient (Wildman–Crippen LogP) is 3.89. The van der Waals surface area contributed by atoms with Crippen LogP contribution in [0.2, 0.25) is 0 Å². The first-order valence-electron chi connectivity index (χ1n) is 8.74. The fraction of sp³-hybridized carbons (Fsp3) is 0.450. The molecule has 0 saturated heterocycles. The molecule has 0 heterocycles. The fourth-order valence-electron chi connectivity index (χ4n) is 2.85. The van der Waals surface area contributed by atoms with Gasteiger partial charge in [0.1, 0.15) is 0 Å². The Morgan fingerprint density at radius 3 is 2.72 bits per heavy atom. The summed E-state index contributed by atoms with van der Waals surface area (Å²) < 4.78 is 5.72. The quantitative estimate of drug-likeness (QED) is 0.299. The number of halogens is 1. The maximum atomic E-state index is 5.72. The number of nitrogens with one attached hydrogen (secondary N) is 1. The van der Waals surface area contributed by atoms with Crippen molar-refractivity contribution in [2.45, 2.75) is 19.4 Å². The van der Waals surface area contributed by atoms with E-state index in [1.54, 1.807) is 0 Å². The zero-order chi connectivity index (χ0) is 16.8. The topological polar surface area (TPSA) is 36.9 Å². The van der Waals surface area contributed by atoms with Crippen molar-refractivity contribution in [3.05, 3.63) is 48.0 Å². The van der Waals surface area contributed by atoms with Gasteiger partial charge in [0, 0.05) is 33.8 Å². The summed E-state index contributed by atoms with van der Waals surface area (Å²) in [6.45, 7) is 3.28. The molecular formula is C20H28IN3O. The summed E-state index contributed by atoms with van der Waals surface area (Å²) in [6.07, 6.45) is 2.67. The highest BCUT2D eigenvalue weighted by atomic mass is 127. The number of rotatable bonds is 7. The minimum absolute atomic E-state index is 0. The molecule has 1 aliphatic carbocycles. The first kappa shape index (κ1) is 20.0. The van der Waals surface area contributed by atoms with E-state index in [1.165, 1.54) is 29.2 Å². The number of ether oxygens (including phenoxy) is 1. The maximum absolute atomic E-state index is 5.72. The molecule has 0 bridgehead atoms. The Bertz CT molecular complexity index is 695. The van der Waals surface area contributed by atoms with Crippen LogP contribution in [0.25, 0.3) is 10.8 Å². The van der Waals surface area contributed by atoms with Gasteiger partial charge in [-0.05, 0) is 35.1 Å². The first-order valence-corrected chi connectivity index (χ1v) is 8.74. The third kappa shape index (κ3) is 5.85. The standard InChI is InChI=1S/C20H27N3O.HI/c1-21-20(23(2)12-13-24-15-16-10-11-16)22-14-18-8-5-7-17-6-3-4-9-19(17)18;/h3-9,16H,10-15H2,1-2H3,(H,21,22);1H. The van der Waals surface area contributed by atoms with E-state index in [1.807, 2.05) is 7.05 Å². The van der Waals surface area contributed by atoms with Gasteiger partial charge < -0.3 is 15.0 Å². The summed E-state index contributed by atoms with van der Waals surface area (Å²) >= 11 is 0. The van der Waals surface area contributed by atoms with E-state index in [2.05, 4.69) is 64.7 Å². The van der Waals surface area contributed by atoms with Crippen LogP contribution in [0.4, 0.5) is 0 Å². The minimum Gasteiger partial charge on any atom is -0.379 e. The number of aliphatic imine (C=N–C) groups is 1. The number of fused-ring (bicyclic) bond motifs is 1.